The molecular formula is C22H28N5OS+. The van der Waals surface area contributed by atoms with E-state index in [1.807, 2.05) is 6.07 Å². The van der Waals surface area contributed by atoms with E-state index in [-0.39, 0.29) is 5.78 Å². The number of anilines is 1. The van der Waals surface area contributed by atoms with Crippen molar-refractivity contribution in [2.24, 2.45) is 0 Å². The molecular weight excluding hydrogens is 382 g/mol. The van der Waals surface area contributed by atoms with E-state index in [1.165, 1.54) is 15.5 Å². The molecule has 152 valence electrons. The number of Topliss-reactive ketones (excluding diaryl/α,β-unsaturated/α-hetero) is 1. The number of rotatable bonds is 7. The van der Waals surface area contributed by atoms with Crippen molar-refractivity contribution in [1.82, 2.24) is 14.5 Å². The maximum atomic E-state index is 13.0. The zero-order valence-electron chi connectivity index (χ0n) is 17.1. The van der Waals surface area contributed by atoms with E-state index in [2.05, 4.69) is 56.9 Å². The minimum atomic E-state index is 0.250. The number of thiophene rings is 1. The van der Waals surface area contributed by atoms with Gasteiger partial charge in [0.1, 0.15) is 6.54 Å². The summed E-state index contributed by atoms with van der Waals surface area (Å²) in [6, 6.07) is 8.17. The number of nitrogens with zero attached hydrogens (tertiary/aromatic N) is 4. The summed E-state index contributed by atoms with van der Waals surface area (Å²) < 4.78 is 2.28. The molecule has 0 aromatic carbocycles. The highest BCUT2D eigenvalue weighted by Gasteiger charge is 2.25. The molecule has 1 aliphatic heterocycles. The highest BCUT2D eigenvalue weighted by atomic mass is 32.1. The number of carbonyl (C=O) groups excluding carboxylic acids is 1. The third-order valence-corrected chi connectivity index (χ3v) is 6.69. The lowest BCUT2D eigenvalue weighted by atomic mass is 10.1. The molecule has 0 aliphatic carbocycles. The number of ketones is 1. The molecule has 0 spiro atoms. The highest BCUT2D eigenvalue weighted by Crippen LogP contribution is 2.18. The van der Waals surface area contributed by atoms with Gasteiger partial charge in [0, 0.05) is 40.8 Å². The minimum Gasteiger partial charge on any atom is -0.348 e. The van der Waals surface area contributed by atoms with Crippen molar-refractivity contribution in [3.05, 3.63) is 63.9 Å². The number of hydrogen-bond donors (Lipinski definition) is 1. The maximum absolute atomic E-state index is 13.0. The topological polar surface area (TPSA) is 55.5 Å². The summed E-state index contributed by atoms with van der Waals surface area (Å²) in [5.74, 6) is 1.03. The van der Waals surface area contributed by atoms with Crippen LogP contribution in [-0.4, -0.2) is 53.0 Å². The molecule has 7 heteroatoms. The van der Waals surface area contributed by atoms with E-state index in [1.54, 1.807) is 23.7 Å². The first kappa shape index (κ1) is 19.8. The number of nitrogens with one attached hydrogen (secondary N) is 1. The van der Waals surface area contributed by atoms with Crippen LogP contribution in [0.3, 0.4) is 0 Å². The van der Waals surface area contributed by atoms with Gasteiger partial charge in [-0.2, -0.15) is 0 Å². The van der Waals surface area contributed by atoms with Gasteiger partial charge in [-0.25, -0.2) is 9.97 Å². The van der Waals surface area contributed by atoms with Crippen LogP contribution >= 0.6 is 11.3 Å². The second-order valence-corrected chi connectivity index (χ2v) is 8.68. The number of piperazine rings is 1. The van der Waals surface area contributed by atoms with Crippen molar-refractivity contribution < 1.29 is 9.69 Å². The molecule has 3 aromatic rings. The summed E-state index contributed by atoms with van der Waals surface area (Å²) in [4.78, 5) is 26.6. The summed E-state index contributed by atoms with van der Waals surface area (Å²) in [6.07, 6.45) is 4.56. The standard InChI is InChI=1S/C22H27N5OS/c1-17-15-20(18(2)27(17)9-6-19-5-3-14-29-19)21(28)16-25-10-12-26(13-11-25)22-23-7-4-8-24-22/h3-5,7-8,14-15H,6,9-13,16H2,1-2H3/p+1. The summed E-state index contributed by atoms with van der Waals surface area (Å²) >= 11 is 1.79. The van der Waals surface area contributed by atoms with E-state index in [9.17, 15) is 4.79 Å². The van der Waals surface area contributed by atoms with Crippen LogP contribution in [0.1, 0.15) is 26.6 Å². The van der Waals surface area contributed by atoms with Gasteiger partial charge in [0.05, 0.1) is 26.2 Å². The van der Waals surface area contributed by atoms with E-state index in [0.29, 0.717) is 6.54 Å². The van der Waals surface area contributed by atoms with Gasteiger partial charge in [0.2, 0.25) is 11.7 Å². The van der Waals surface area contributed by atoms with Crippen LogP contribution in [0.4, 0.5) is 5.95 Å². The van der Waals surface area contributed by atoms with Gasteiger partial charge in [-0.1, -0.05) is 6.07 Å². The summed E-state index contributed by atoms with van der Waals surface area (Å²) in [5, 5.41) is 2.12. The first-order chi connectivity index (χ1) is 14.1. The van der Waals surface area contributed by atoms with Crippen molar-refractivity contribution in [2.45, 2.75) is 26.8 Å². The number of quaternary nitrogens is 1. The molecule has 29 heavy (non-hydrogen) atoms. The zero-order valence-corrected chi connectivity index (χ0v) is 17.9. The Labute approximate surface area is 175 Å². The average molecular weight is 411 g/mol. The molecule has 0 saturated carbocycles. The van der Waals surface area contributed by atoms with Gasteiger partial charge < -0.3 is 14.4 Å². The molecule has 0 unspecified atom stereocenters. The Hall–Kier alpha value is -2.51. The number of hydrogen-bond acceptors (Lipinski definition) is 5. The molecule has 1 N–H and O–H groups in total. The summed E-state index contributed by atoms with van der Waals surface area (Å²) in [5.41, 5.74) is 3.15. The van der Waals surface area contributed by atoms with E-state index in [4.69, 9.17) is 0 Å². The molecule has 0 bridgehead atoms. The Morgan fingerprint density at radius 1 is 1.17 bits per heavy atom. The molecule has 6 nitrogen and oxygen atoms in total. The Balaban J connectivity index is 1.35. The fraction of sp³-hybridized carbons (Fsp3) is 0.409. The molecule has 1 fully saturated rings. The molecule has 0 radical (unpaired) electrons. The Kier molecular flexibility index (Phi) is 6.06. The number of aromatic nitrogens is 3. The molecule has 3 aromatic heterocycles. The molecule has 1 saturated heterocycles. The van der Waals surface area contributed by atoms with Crippen molar-refractivity contribution in [2.75, 3.05) is 37.6 Å². The Morgan fingerprint density at radius 3 is 2.62 bits per heavy atom. The first-order valence-electron chi connectivity index (χ1n) is 10.2. The van der Waals surface area contributed by atoms with Gasteiger partial charge in [-0.15, -0.1) is 11.3 Å². The normalized spacial score (nSPS) is 15.0. The fourth-order valence-corrected chi connectivity index (χ4v) is 4.78. The van der Waals surface area contributed by atoms with E-state index >= 15 is 0 Å². The molecule has 4 heterocycles. The largest absolute Gasteiger partial charge is 0.348 e. The van der Waals surface area contributed by atoms with Crippen LogP contribution in [-0.2, 0) is 13.0 Å². The van der Waals surface area contributed by atoms with E-state index in [0.717, 1.165) is 56.4 Å². The summed E-state index contributed by atoms with van der Waals surface area (Å²) in [6.45, 7) is 9.28. The van der Waals surface area contributed by atoms with Crippen molar-refractivity contribution in [1.29, 1.82) is 0 Å². The smallest absolute Gasteiger partial charge is 0.225 e. The highest BCUT2D eigenvalue weighted by molar-refractivity contribution is 7.09. The minimum absolute atomic E-state index is 0.250. The monoisotopic (exact) mass is 410 g/mol. The van der Waals surface area contributed by atoms with Crippen molar-refractivity contribution in [3.63, 3.8) is 0 Å². The lowest BCUT2D eigenvalue weighted by Crippen LogP contribution is -3.15. The predicted octanol–water partition coefficient (Wildman–Crippen LogP) is 1.79. The van der Waals surface area contributed by atoms with Crippen molar-refractivity contribution in [3.8, 4) is 0 Å². The SMILES string of the molecule is Cc1cc(C(=O)C[NH+]2CCN(c3ncccn3)CC2)c(C)n1CCc1cccs1. The molecule has 1 aliphatic rings. The third-order valence-electron chi connectivity index (χ3n) is 5.75. The lowest BCUT2D eigenvalue weighted by Gasteiger charge is -2.31. The second kappa shape index (κ2) is 8.88. The van der Waals surface area contributed by atoms with Gasteiger partial charge in [0.15, 0.2) is 0 Å². The Morgan fingerprint density at radius 2 is 1.93 bits per heavy atom. The fourth-order valence-electron chi connectivity index (χ4n) is 4.08. The zero-order chi connectivity index (χ0) is 20.2. The molecule has 0 atom stereocenters. The maximum Gasteiger partial charge on any atom is 0.225 e. The van der Waals surface area contributed by atoms with E-state index < -0.39 is 0 Å². The van der Waals surface area contributed by atoms with Gasteiger partial charge in [-0.05, 0) is 43.8 Å². The van der Waals surface area contributed by atoms with Gasteiger partial charge in [-0.3, -0.25) is 4.79 Å². The second-order valence-electron chi connectivity index (χ2n) is 7.65. The quantitative estimate of drug-likeness (QED) is 0.604. The van der Waals surface area contributed by atoms with Gasteiger partial charge in [0.25, 0.3) is 0 Å². The Bertz CT molecular complexity index is 943. The van der Waals surface area contributed by atoms with Gasteiger partial charge >= 0.3 is 0 Å². The molecule has 4 rings (SSSR count). The van der Waals surface area contributed by atoms with Crippen LogP contribution in [0.25, 0.3) is 0 Å². The molecule has 0 amide bonds. The van der Waals surface area contributed by atoms with Crippen LogP contribution < -0.4 is 9.80 Å². The predicted molar refractivity (Wildman–Crippen MR) is 116 cm³/mol. The lowest BCUT2D eigenvalue weighted by molar-refractivity contribution is -0.892. The first-order valence-corrected chi connectivity index (χ1v) is 11.1. The summed E-state index contributed by atoms with van der Waals surface area (Å²) in [7, 11) is 0. The number of carbonyl (C=O) groups is 1. The van der Waals surface area contributed by atoms with Crippen LogP contribution in [0.15, 0.2) is 42.0 Å². The van der Waals surface area contributed by atoms with Crippen LogP contribution in [0.5, 0.6) is 0 Å². The average Bonchev–Trinajstić information content (AvgIpc) is 3.36. The van der Waals surface area contributed by atoms with Crippen LogP contribution in [0.2, 0.25) is 0 Å². The third kappa shape index (κ3) is 4.57. The van der Waals surface area contributed by atoms with Crippen LogP contribution in [0, 0.1) is 13.8 Å². The van der Waals surface area contributed by atoms with Crippen molar-refractivity contribution >= 4 is 23.1 Å². The number of aryl methyl sites for hydroxylation is 2.